The van der Waals surface area contributed by atoms with Crippen molar-refractivity contribution in [2.75, 3.05) is 28.7 Å². The fourth-order valence-corrected chi connectivity index (χ4v) is 5.40. The maximum Gasteiger partial charge on any atom is 0.326 e. The molecule has 0 saturated carbocycles. The van der Waals surface area contributed by atoms with Crippen molar-refractivity contribution in [3.8, 4) is 0 Å². The average Bonchev–Trinajstić information content (AvgIpc) is 2.83. The molecule has 0 unspecified atom stereocenters. The number of likely N-dealkylation sites (tertiary alicyclic amines) is 1. The van der Waals surface area contributed by atoms with Gasteiger partial charge in [-0.1, -0.05) is 18.2 Å². The van der Waals surface area contributed by atoms with Gasteiger partial charge in [-0.3, -0.25) is 14.2 Å². The summed E-state index contributed by atoms with van der Waals surface area (Å²) in [6.07, 6.45) is 5.34. The van der Waals surface area contributed by atoms with Gasteiger partial charge in [0.25, 0.3) is 0 Å². The Kier molecular flexibility index (Phi) is 4.13. The second kappa shape index (κ2) is 6.31. The second-order valence-electron chi connectivity index (χ2n) is 6.63. The number of benzene rings is 1. The topological polar surface area (TPSA) is 56.8 Å². The molecule has 4 rings (SSSR count). The molecule has 2 aromatic rings. The molecule has 0 aliphatic carbocycles. The summed E-state index contributed by atoms with van der Waals surface area (Å²) in [6.45, 7) is 2.64. The number of aromatic nitrogens is 1. The molecule has 2 aliphatic rings. The van der Waals surface area contributed by atoms with Crippen LogP contribution in [0.4, 0.5) is 11.4 Å². The largest absolute Gasteiger partial charge is 0.326 e. The maximum atomic E-state index is 12.9. The molecule has 7 heteroatoms. The van der Waals surface area contributed by atoms with Gasteiger partial charge in [-0.05, 0) is 36.6 Å². The number of hydrogen-bond donors (Lipinski definition) is 0. The lowest BCUT2D eigenvalue weighted by Gasteiger charge is -2.36. The first-order valence-electron chi connectivity index (χ1n) is 8.56. The highest BCUT2D eigenvalue weighted by molar-refractivity contribution is 7.94. The quantitative estimate of drug-likeness (QED) is 0.844. The summed E-state index contributed by atoms with van der Waals surface area (Å²) in [7, 11) is -1.83. The Morgan fingerprint density at radius 3 is 2.48 bits per heavy atom. The predicted molar refractivity (Wildman–Crippen MR) is 98.8 cm³/mol. The van der Waals surface area contributed by atoms with E-state index in [1.54, 1.807) is 17.5 Å². The lowest BCUT2D eigenvalue weighted by Crippen LogP contribution is -2.48. The van der Waals surface area contributed by atoms with Gasteiger partial charge >= 0.3 is 10.2 Å². The standard InChI is InChI=1S/C18H22N4O2S/c1-20-17-6-2-3-7-18(17)22(25(20,23)24)16-8-11-21(12-9-16)14-15-5-4-10-19-13-15/h2-7,10,13,16H,8-9,11-12,14H2,1H3. The Morgan fingerprint density at radius 2 is 1.80 bits per heavy atom. The molecule has 3 heterocycles. The number of anilines is 2. The summed E-state index contributed by atoms with van der Waals surface area (Å²) in [6, 6.07) is 11.6. The van der Waals surface area contributed by atoms with Crippen molar-refractivity contribution >= 4 is 21.6 Å². The molecule has 1 fully saturated rings. The van der Waals surface area contributed by atoms with E-state index in [-0.39, 0.29) is 6.04 Å². The molecule has 0 atom stereocenters. The Labute approximate surface area is 148 Å². The molecule has 1 aromatic heterocycles. The van der Waals surface area contributed by atoms with Gasteiger partial charge < -0.3 is 0 Å². The van der Waals surface area contributed by atoms with Crippen LogP contribution in [0.3, 0.4) is 0 Å². The van der Waals surface area contributed by atoms with Gasteiger partial charge in [0, 0.05) is 45.1 Å². The van der Waals surface area contributed by atoms with E-state index in [4.69, 9.17) is 0 Å². The maximum absolute atomic E-state index is 12.9. The molecule has 25 heavy (non-hydrogen) atoms. The van der Waals surface area contributed by atoms with E-state index in [2.05, 4.69) is 16.0 Å². The number of nitrogens with zero attached hydrogens (tertiary/aromatic N) is 4. The lowest BCUT2D eigenvalue weighted by atomic mass is 10.0. The number of pyridine rings is 1. The van der Waals surface area contributed by atoms with Crippen molar-refractivity contribution in [3.05, 3.63) is 54.4 Å². The molecular weight excluding hydrogens is 336 g/mol. The Morgan fingerprint density at radius 1 is 1.08 bits per heavy atom. The molecule has 0 amide bonds. The number of piperidine rings is 1. The molecule has 132 valence electrons. The van der Waals surface area contributed by atoms with Crippen molar-refractivity contribution in [2.45, 2.75) is 25.4 Å². The lowest BCUT2D eigenvalue weighted by molar-refractivity contribution is 0.206. The average molecular weight is 358 g/mol. The van der Waals surface area contributed by atoms with E-state index in [1.165, 1.54) is 9.87 Å². The van der Waals surface area contributed by atoms with Gasteiger partial charge in [-0.15, -0.1) is 0 Å². The zero-order valence-corrected chi connectivity index (χ0v) is 15.1. The van der Waals surface area contributed by atoms with Crippen LogP contribution in [0.15, 0.2) is 48.8 Å². The molecule has 1 aromatic carbocycles. The van der Waals surface area contributed by atoms with Crippen molar-refractivity contribution in [1.29, 1.82) is 0 Å². The monoisotopic (exact) mass is 358 g/mol. The predicted octanol–water partition coefficient (Wildman–Crippen LogP) is 2.25. The molecule has 0 radical (unpaired) electrons. The summed E-state index contributed by atoms with van der Waals surface area (Å²) in [5.74, 6) is 0. The molecule has 1 saturated heterocycles. The van der Waals surface area contributed by atoms with E-state index >= 15 is 0 Å². The van der Waals surface area contributed by atoms with Gasteiger partial charge in [0.15, 0.2) is 0 Å². The third-order valence-electron chi connectivity index (χ3n) is 5.07. The van der Waals surface area contributed by atoms with Crippen LogP contribution in [0.25, 0.3) is 0 Å². The summed E-state index contributed by atoms with van der Waals surface area (Å²) >= 11 is 0. The van der Waals surface area contributed by atoms with Crippen LogP contribution >= 0.6 is 0 Å². The molecule has 2 aliphatic heterocycles. The van der Waals surface area contributed by atoms with Crippen LogP contribution in [-0.4, -0.2) is 44.5 Å². The molecule has 0 N–H and O–H groups in total. The SMILES string of the molecule is CN1c2ccccc2N(C2CCN(Cc3cccnc3)CC2)S1(=O)=O. The Balaban J connectivity index is 1.49. The minimum absolute atomic E-state index is 0.0150. The number of hydrogen-bond acceptors (Lipinski definition) is 4. The molecular formula is C18H22N4O2S. The zero-order chi connectivity index (χ0) is 17.4. The van der Waals surface area contributed by atoms with Crippen LogP contribution in [-0.2, 0) is 16.8 Å². The number of fused-ring (bicyclic) bond motifs is 1. The van der Waals surface area contributed by atoms with Crippen molar-refractivity contribution in [3.63, 3.8) is 0 Å². The van der Waals surface area contributed by atoms with Crippen LogP contribution < -0.4 is 8.61 Å². The van der Waals surface area contributed by atoms with E-state index in [0.29, 0.717) is 0 Å². The van der Waals surface area contributed by atoms with Crippen molar-refractivity contribution in [2.24, 2.45) is 0 Å². The highest BCUT2D eigenvalue weighted by Gasteiger charge is 2.42. The van der Waals surface area contributed by atoms with Crippen molar-refractivity contribution < 1.29 is 8.42 Å². The second-order valence-corrected chi connectivity index (χ2v) is 8.47. The summed E-state index contributed by atoms with van der Waals surface area (Å²) in [5, 5.41) is 0. The molecule has 0 spiro atoms. The van der Waals surface area contributed by atoms with Crippen LogP contribution in [0, 0.1) is 0 Å². The van der Waals surface area contributed by atoms with Crippen molar-refractivity contribution in [1.82, 2.24) is 9.88 Å². The van der Waals surface area contributed by atoms with E-state index in [9.17, 15) is 8.42 Å². The van der Waals surface area contributed by atoms with Gasteiger partial charge in [0.05, 0.1) is 11.4 Å². The minimum atomic E-state index is -3.46. The summed E-state index contributed by atoms with van der Waals surface area (Å²) in [4.78, 5) is 6.53. The number of rotatable bonds is 3. The third-order valence-corrected chi connectivity index (χ3v) is 6.95. The fraction of sp³-hybridized carbons (Fsp3) is 0.389. The normalized spacial score (nSPS) is 20.7. The van der Waals surface area contributed by atoms with Gasteiger partial charge in [0.2, 0.25) is 0 Å². The van der Waals surface area contributed by atoms with Crippen LogP contribution in [0.2, 0.25) is 0 Å². The van der Waals surface area contributed by atoms with Gasteiger partial charge in [-0.25, -0.2) is 4.31 Å². The van der Waals surface area contributed by atoms with E-state index in [1.807, 2.05) is 36.5 Å². The first kappa shape index (κ1) is 16.4. The van der Waals surface area contributed by atoms with Crippen LogP contribution in [0.5, 0.6) is 0 Å². The van der Waals surface area contributed by atoms with E-state index in [0.717, 1.165) is 43.9 Å². The first-order valence-corrected chi connectivity index (χ1v) is 9.95. The third kappa shape index (κ3) is 2.87. The van der Waals surface area contributed by atoms with Gasteiger partial charge in [0.1, 0.15) is 0 Å². The number of para-hydroxylation sites is 2. The molecule has 0 bridgehead atoms. The molecule has 6 nitrogen and oxygen atoms in total. The Bertz CT molecular complexity index is 848. The summed E-state index contributed by atoms with van der Waals surface area (Å²) < 4.78 is 28.7. The highest BCUT2D eigenvalue weighted by Crippen LogP contribution is 2.42. The smallest absolute Gasteiger partial charge is 0.299 e. The summed E-state index contributed by atoms with van der Waals surface area (Å²) in [5.41, 5.74) is 2.76. The van der Waals surface area contributed by atoms with Gasteiger partial charge in [-0.2, -0.15) is 8.42 Å². The Hall–Kier alpha value is -2.12. The van der Waals surface area contributed by atoms with Crippen LogP contribution in [0.1, 0.15) is 18.4 Å². The minimum Gasteiger partial charge on any atom is -0.299 e. The fourth-order valence-electron chi connectivity index (χ4n) is 3.74. The zero-order valence-electron chi connectivity index (χ0n) is 14.2. The van der Waals surface area contributed by atoms with E-state index < -0.39 is 10.2 Å². The highest BCUT2D eigenvalue weighted by atomic mass is 32.2. The first-order chi connectivity index (χ1) is 12.1.